The highest BCUT2D eigenvalue weighted by Gasteiger charge is 2.46. The average molecular weight is 330 g/mol. The molecule has 132 valence electrons. The van der Waals surface area contributed by atoms with Gasteiger partial charge < -0.3 is 9.64 Å². The van der Waals surface area contributed by atoms with Crippen molar-refractivity contribution in [1.82, 2.24) is 4.90 Å². The van der Waals surface area contributed by atoms with Crippen LogP contribution in [0, 0.1) is 17.8 Å². The monoisotopic (exact) mass is 330 g/mol. The van der Waals surface area contributed by atoms with E-state index in [1.165, 1.54) is 25.7 Å². The third-order valence-electron chi connectivity index (χ3n) is 6.69. The summed E-state index contributed by atoms with van der Waals surface area (Å²) in [7, 11) is 0. The molecule has 0 aromatic rings. The second kappa shape index (κ2) is 6.53. The van der Waals surface area contributed by atoms with Gasteiger partial charge in [-0.3, -0.25) is 4.79 Å². The van der Waals surface area contributed by atoms with Gasteiger partial charge in [0.15, 0.2) is 5.90 Å². The van der Waals surface area contributed by atoms with Gasteiger partial charge in [-0.25, -0.2) is 4.99 Å². The number of allylic oxidation sites excluding steroid dienone is 1. The van der Waals surface area contributed by atoms with Crippen molar-refractivity contribution in [3.8, 4) is 0 Å². The molecular formula is C20H30N2O2. The van der Waals surface area contributed by atoms with Crippen molar-refractivity contribution < 1.29 is 9.53 Å². The van der Waals surface area contributed by atoms with Crippen LogP contribution in [0.1, 0.15) is 58.8 Å². The topological polar surface area (TPSA) is 41.9 Å². The van der Waals surface area contributed by atoms with Gasteiger partial charge in [0, 0.05) is 32.9 Å². The maximum absolute atomic E-state index is 11.7. The van der Waals surface area contributed by atoms with Gasteiger partial charge in [-0.2, -0.15) is 0 Å². The van der Waals surface area contributed by atoms with Gasteiger partial charge in [-0.1, -0.05) is 11.6 Å². The second-order valence-corrected chi connectivity index (χ2v) is 8.07. The van der Waals surface area contributed by atoms with Crippen molar-refractivity contribution in [1.29, 1.82) is 0 Å². The molecule has 4 aliphatic rings. The molecule has 0 bridgehead atoms. The zero-order valence-electron chi connectivity index (χ0n) is 15.0. The molecule has 4 heteroatoms. The number of amides is 1. The van der Waals surface area contributed by atoms with E-state index in [4.69, 9.17) is 9.73 Å². The summed E-state index contributed by atoms with van der Waals surface area (Å²) in [5.41, 5.74) is 1.69. The van der Waals surface area contributed by atoms with Crippen molar-refractivity contribution in [3.05, 3.63) is 11.6 Å². The zero-order valence-corrected chi connectivity index (χ0v) is 15.0. The Morgan fingerprint density at radius 2 is 2.00 bits per heavy atom. The van der Waals surface area contributed by atoms with Crippen LogP contribution in [0.15, 0.2) is 16.6 Å². The van der Waals surface area contributed by atoms with E-state index in [9.17, 15) is 4.79 Å². The fourth-order valence-electron chi connectivity index (χ4n) is 5.53. The Hall–Kier alpha value is -1.32. The Bertz CT molecular complexity index is 560. The standard InChI is InChI=1S/C20H30N2O2/c1-13-21-20-18(24-13)8-7-15-5-3-4-6-17(15)19(20)16-9-11-22(12-10-16)14(2)23/h6,15-16,18-20H,3-5,7-12H2,1-2H3. The zero-order chi connectivity index (χ0) is 16.7. The van der Waals surface area contributed by atoms with Gasteiger partial charge >= 0.3 is 0 Å². The number of likely N-dealkylation sites (tertiary alicyclic amines) is 1. The fourth-order valence-corrected chi connectivity index (χ4v) is 5.53. The number of ether oxygens (including phenoxy) is 1. The molecule has 1 saturated heterocycles. The van der Waals surface area contributed by atoms with Crippen molar-refractivity contribution in [2.45, 2.75) is 70.9 Å². The Kier molecular flexibility index (Phi) is 4.40. The van der Waals surface area contributed by atoms with Crippen LogP contribution in [0.3, 0.4) is 0 Å². The molecule has 0 aromatic heterocycles. The maximum Gasteiger partial charge on any atom is 0.219 e. The summed E-state index contributed by atoms with van der Waals surface area (Å²) in [4.78, 5) is 18.6. The van der Waals surface area contributed by atoms with E-state index in [0.717, 1.165) is 44.2 Å². The molecule has 24 heavy (non-hydrogen) atoms. The first-order valence-electron chi connectivity index (χ1n) is 9.80. The lowest BCUT2D eigenvalue weighted by Gasteiger charge is -2.40. The maximum atomic E-state index is 11.7. The molecule has 4 atom stereocenters. The lowest BCUT2D eigenvalue weighted by molar-refractivity contribution is -0.130. The number of carbonyl (C=O) groups excluding carboxylic acids is 1. The van der Waals surface area contributed by atoms with Gasteiger partial charge in [-0.15, -0.1) is 0 Å². The molecular weight excluding hydrogens is 300 g/mol. The van der Waals surface area contributed by atoms with E-state index in [2.05, 4.69) is 6.08 Å². The molecule has 0 N–H and O–H groups in total. The summed E-state index contributed by atoms with van der Waals surface area (Å²) in [5, 5.41) is 0. The SMILES string of the molecule is CC(=O)N1CCC(C2C3=CCCCC3CCC3OC(C)=NC32)CC1. The highest BCUT2D eigenvalue weighted by Crippen LogP contribution is 2.47. The summed E-state index contributed by atoms with van der Waals surface area (Å²) in [5.74, 6) is 3.04. The van der Waals surface area contributed by atoms with Crippen LogP contribution in [-0.2, 0) is 9.53 Å². The molecule has 2 aliphatic heterocycles. The van der Waals surface area contributed by atoms with E-state index < -0.39 is 0 Å². The molecule has 4 rings (SSSR count). The number of rotatable bonds is 1. The normalized spacial score (nSPS) is 36.8. The number of piperidine rings is 1. The van der Waals surface area contributed by atoms with Crippen LogP contribution in [-0.4, -0.2) is 41.9 Å². The van der Waals surface area contributed by atoms with Gasteiger partial charge in [0.2, 0.25) is 5.91 Å². The Labute approximate surface area is 145 Å². The predicted molar refractivity (Wildman–Crippen MR) is 94.9 cm³/mol. The molecule has 4 nitrogen and oxygen atoms in total. The van der Waals surface area contributed by atoms with Gasteiger partial charge in [0.25, 0.3) is 0 Å². The van der Waals surface area contributed by atoms with Crippen LogP contribution < -0.4 is 0 Å². The molecule has 0 aromatic carbocycles. The molecule has 0 radical (unpaired) electrons. The van der Waals surface area contributed by atoms with E-state index in [0.29, 0.717) is 17.9 Å². The number of carbonyl (C=O) groups is 1. The fraction of sp³-hybridized carbons (Fsp3) is 0.800. The molecule has 1 amide bonds. The molecule has 4 unspecified atom stereocenters. The van der Waals surface area contributed by atoms with Crippen LogP contribution in [0.25, 0.3) is 0 Å². The van der Waals surface area contributed by atoms with Crippen LogP contribution in [0.5, 0.6) is 0 Å². The highest BCUT2D eigenvalue weighted by atomic mass is 16.5. The third-order valence-corrected chi connectivity index (χ3v) is 6.69. The Morgan fingerprint density at radius 3 is 2.75 bits per heavy atom. The van der Waals surface area contributed by atoms with Crippen LogP contribution in [0.4, 0.5) is 0 Å². The highest BCUT2D eigenvalue weighted by molar-refractivity contribution is 5.75. The Balaban J connectivity index is 1.61. The summed E-state index contributed by atoms with van der Waals surface area (Å²) in [6.45, 7) is 5.53. The van der Waals surface area contributed by atoms with Crippen molar-refractivity contribution in [2.75, 3.05) is 13.1 Å². The van der Waals surface area contributed by atoms with Gasteiger partial charge in [-0.05, 0) is 56.8 Å². The number of nitrogens with zero attached hydrogens (tertiary/aromatic N) is 2. The first-order chi connectivity index (χ1) is 11.6. The number of aliphatic imine (C=N–C) groups is 1. The molecule has 2 fully saturated rings. The largest absolute Gasteiger partial charge is 0.476 e. The first-order valence-corrected chi connectivity index (χ1v) is 9.80. The lowest BCUT2D eigenvalue weighted by atomic mass is 9.70. The molecule has 2 aliphatic carbocycles. The first kappa shape index (κ1) is 16.2. The number of hydrogen-bond donors (Lipinski definition) is 0. The van der Waals surface area contributed by atoms with E-state index in [-0.39, 0.29) is 12.0 Å². The quantitative estimate of drug-likeness (QED) is 0.690. The minimum Gasteiger partial charge on any atom is -0.476 e. The van der Waals surface area contributed by atoms with Crippen LogP contribution >= 0.6 is 0 Å². The third kappa shape index (κ3) is 2.89. The summed E-state index contributed by atoms with van der Waals surface area (Å²) >= 11 is 0. The predicted octanol–water partition coefficient (Wildman–Crippen LogP) is 3.57. The van der Waals surface area contributed by atoms with Gasteiger partial charge in [0.05, 0.1) is 6.04 Å². The summed E-state index contributed by atoms with van der Waals surface area (Å²) in [6.07, 6.45) is 11.4. The number of fused-ring (bicyclic) bond motifs is 2. The number of hydrogen-bond acceptors (Lipinski definition) is 3. The van der Waals surface area contributed by atoms with Crippen molar-refractivity contribution in [2.24, 2.45) is 22.7 Å². The second-order valence-electron chi connectivity index (χ2n) is 8.07. The van der Waals surface area contributed by atoms with Crippen molar-refractivity contribution in [3.63, 3.8) is 0 Å². The Morgan fingerprint density at radius 1 is 1.21 bits per heavy atom. The van der Waals surface area contributed by atoms with E-state index >= 15 is 0 Å². The summed E-state index contributed by atoms with van der Waals surface area (Å²) < 4.78 is 6.09. The van der Waals surface area contributed by atoms with Crippen molar-refractivity contribution >= 4 is 11.8 Å². The van der Waals surface area contributed by atoms with E-state index in [1.807, 2.05) is 11.8 Å². The molecule has 1 saturated carbocycles. The minimum absolute atomic E-state index is 0.222. The van der Waals surface area contributed by atoms with Gasteiger partial charge in [0.1, 0.15) is 6.10 Å². The molecule has 0 spiro atoms. The van der Waals surface area contributed by atoms with Crippen LogP contribution in [0.2, 0.25) is 0 Å². The minimum atomic E-state index is 0.222. The smallest absolute Gasteiger partial charge is 0.219 e. The lowest BCUT2D eigenvalue weighted by Crippen LogP contribution is -2.43. The average Bonchev–Trinajstić information content (AvgIpc) is 2.88. The molecule has 2 heterocycles. The summed E-state index contributed by atoms with van der Waals surface area (Å²) in [6, 6.07) is 0.313. The van der Waals surface area contributed by atoms with E-state index in [1.54, 1.807) is 12.5 Å².